The summed E-state index contributed by atoms with van der Waals surface area (Å²) in [6, 6.07) is 3.21. The van der Waals surface area contributed by atoms with Crippen molar-refractivity contribution in [3.05, 3.63) is 23.4 Å². The molecule has 34 heavy (non-hydrogen) atoms. The Labute approximate surface area is 202 Å². The third-order valence-electron chi connectivity index (χ3n) is 6.78. The molecule has 1 N–H and O–H groups in total. The molecule has 0 unspecified atom stereocenters. The van der Waals surface area contributed by atoms with E-state index < -0.39 is 6.04 Å². The molecule has 0 aliphatic carbocycles. The van der Waals surface area contributed by atoms with Gasteiger partial charge in [0.05, 0.1) is 12.6 Å². The van der Waals surface area contributed by atoms with E-state index in [2.05, 4.69) is 10.4 Å². The van der Waals surface area contributed by atoms with Crippen LogP contribution in [0.2, 0.25) is 0 Å². The van der Waals surface area contributed by atoms with Gasteiger partial charge in [-0.2, -0.15) is 5.10 Å². The second-order valence-electron chi connectivity index (χ2n) is 9.30. The minimum Gasteiger partial charge on any atom is -0.497 e. The molecule has 0 fully saturated rings. The number of aromatic nitrogens is 2. The third-order valence-corrected chi connectivity index (χ3v) is 6.78. The SMILES string of the molecule is COc1cc2c3c(c1)c(C(C)=O)nn3CC(=O)N(C)[C@@H](C)C(=O)NCCCCCCCCCC2. The Morgan fingerprint density at radius 1 is 1.06 bits per heavy atom. The Morgan fingerprint density at radius 2 is 1.71 bits per heavy atom. The molecule has 186 valence electrons. The summed E-state index contributed by atoms with van der Waals surface area (Å²) in [5.41, 5.74) is 2.15. The summed E-state index contributed by atoms with van der Waals surface area (Å²) in [7, 11) is 3.25. The maximum absolute atomic E-state index is 13.1. The van der Waals surface area contributed by atoms with E-state index in [4.69, 9.17) is 4.74 Å². The Hall–Kier alpha value is -2.90. The first kappa shape index (κ1) is 25.7. The highest BCUT2D eigenvalue weighted by molar-refractivity contribution is 6.06. The van der Waals surface area contributed by atoms with Crippen LogP contribution in [0.5, 0.6) is 5.75 Å². The van der Waals surface area contributed by atoms with Crippen LogP contribution in [0.25, 0.3) is 10.9 Å². The van der Waals surface area contributed by atoms with Crippen LogP contribution < -0.4 is 10.1 Å². The maximum Gasteiger partial charge on any atom is 0.244 e. The molecular weight excluding hydrogens is 432 g/mol. The average Bonchev–Trinajstić information content (AvgIpc) is 3.19. The second-order valence-corrected chi connectivity index (χ2v) is 9.30. The molecule has 8 nitrogen and oxygen atoms in total. The number of benzene rings is 1. The van der Waals surface area contributed by atoms with Gasteiger partial charge in [0.2, 0.25) is 11.8 Å². The van der Waals surface area contributed by atoms with Crippen molar-refractivity contribution >= 4 is 28.5 Å². The number of carbonyl (C=O) groups excluding carboxylic acids is 3. The number of likely N-dealkylation sites (N-methyl/N-ethyl adjacent to an activating group) is 1. The number of hydrogen-bond donors (Lipinski definition) is 1. The van der Waals surface area contributed by atoms with Crippen LogP contribution in [0.1, 0.15) is 81.3 Å². The van der Waals surface area contributed by atoms with Gasteiger partial charge in [-0.1, -0.05) is 38.5 Å². The molecule has 0 saturated heterocycles. The van der Waals surface area contributed by atoms with Gasteiger partial charge < -0.3 is 15.0 Å². The summed E-state index contributed by atoms with van der Waals surface area (Å²) in [5, 5.41) is 8.18. The van der Waals surface area contributed by atoms with Gasteiger partial charge in [-0.05, 0) is 43.9 Å². The van der Waals surface area contributed by atoms with Crippen LogP contribution in [0.3, 0.4) is 0 Å². The minimum absolute atomic E-state index is 0.0444. The van der Waals surface area contributed by atoms with Crippen molar-refractivity contribution in [1.29, 1.82) is 0 Å². The van der Waals surface area contributed by atoms with Crippen LogP contribution in [0.4, 0.5) is 0 Å². The van der Waals surface area contributed by atoms with Gasteiger partial charge in [-0.25, -0.2) is 0 Å². The van der Waals surface area contributed by atoms with Crippen LogP contribution in [0, 0.1) is 0 Å². The number of nitrogens with one attached hydrogen (secondary N) is 1. The zero-order valence-electron chi connectivity index (χ0n) is 21.0. The number of aryl methyl sites for hydroxylation is 1. The van der Waals surface area contributed by atoms with E-state index in [0.29, 0.717) is 23.4 Å². The van der Waals surface area contributed by atoms with Crippen LogP contribution in [0.15, 0.2) is 12.1 Å². The first-order valence-electron chi connectivity index (χ1n) is 12.4. The van der Waals surface area contributed by atoms with Gasteiger partial charge >= 0.3 is 0 Å². The average molecular weight is 471 g/mol. The maximum atomic E-state index is 13.1. The molecule has 8 heteroatoms. The summed E-state index contributed by atoms with van der Waals surface area (Å²) in [6.07, 6.45) is 9.79. The smallest absolute Gasteiger partial charge is 0.244 e. The normalized spacial score (nSPS) is 19.8. The van der Waals surface area contributed by atoms with Crippen LogP contribution in [-0.2, 0) is 22.6 Å². The van der Waals surface area contributed by atoms with E-state index in [9.17, 15) is 14.4 Å². The number of amides is 2. The topological polar surface area (TPSA) is 93.5 Å². The summed E-state index contributed by atoms with van der Waals surface area (Å²) in [4.78, 5) is 39.5. The molecule has 0 saturated carbocycles. The number of ketones is 1. The first-order valence-corrected chi connectivity index (χ1v) is 12.4. The lowest BCUT2D eigenvalue weighted by Crippen LogP contribution is -2.47. The Bertz CT molecular complexity index is 1030. The molecule has 0 bridgehead atoms. The summed E-state index contributed by atoms with van der Waals surface area (Å²) in [6.45, 7) is 3.79. The minimum atomic E-state index is -0.594. The number of nitrogens with zero attached hydrogens (tertiary/aromatic N) is 3. The fraction of sp³-hybridized carbons (Fsp3) is 0.615. The Kier molecular flexibility index (Phi) is 9.07. The van der Waals surface area contributed by atoms with Crippen molar-refractivity contribution in [2.45, 2.75) is 84.2 Å². The van der Waals surface area contributed by atoms with E-state index in [1.807, 2.05) is 12.1 Å². The Morgan fingerprint density at radius 3 is 2.35 bits per heavy atom. The lowest BCUT2D eigenvalue weighted by molar-refractivity contribution is -0.138. The number of methoxy groups -OCH3 is 1. The molecule has 1 aromatic heterocycles. The molecule has 1 atom stereocenters. The van der Waals surface area contributed by atoms with Gasteiger partial charge in [-0.3, -0.25) is 19.1 Å². The van der Waals surface area contributed by atoms with E-state index in [0.717, 1.165) is 43.2 Å². The molecule has 1 aliphatic heterocycles. The van der Waals surface area contributed by atoms with Crippen molar-refractivity contribution in [3.8, 4) is 5.75 Å². The molecule has 0 spiro atoms. The largest absolute Gasteiger partial charge is 0.497 e. The molecule has 1 aromatic carbocycles. The summed E-state index contributed by atoms with van der Waals surface area (Å²) >= 11 is 0. The quantitative estimate of drug-likeness (QED) is 0.672. The molecule has 3 rings (SSSR count). The van der Waals surface area contributed by atoms with Crippen molar-refractivity contribution in [2.75, 3.05) is 20.7 Å². The van der Waals surface area contributed by atoms with Gasteiger partial charge in [0.15, 0.2) is 5.78 Å². The van der Waals surface area contributed by atoms with Gasteiger partial charge in [0, 0.05) is 25.9 Å². The number of Topliss-reactive ketones (excluding diaryl/α,β-unsaturated/α-hetero) is 1. The van der Waals surface area contributed by atoms with Crippen LogP contribution >= 0.6 is 0 Å². The van der Waals surface area contributed by atoms with Gasteiger partial charge in [-0.15, -0.1) is 0 Å². The molecule has 0 radical (unpaired) electrons. The van der Waals surface area contributed by atoms with Gasteiger partial charge in [0.1, 0.15) is 24.0 Å². The highest BCUT2D eigenvalue weighted by Crippen LogP contribution is 2.30. The Balaban J connectivity index is 1.98. The van der Waals surface area contributed by atoms with Crippen LogP contribution in [-0.4, -0.2) is 59.0 Å². The predicted octanol–water partition coefficient (Wildman–Crippen LogP) is 3.89. The second kappa shape index (κ2) is 12.0. The predicted molar refractivity (Wildman–Crippen MR) is 132 cm³/mol. The van der Waals surface area contributed by atoms with Crippen molar-refractivity contribution in [3.63, 3.8) is 0 Å². The molecule has 2 aromatic rings. The monoisotopic (exact) mass is 470 g/mol. The zero-order chi connectivity index (χ0) is 24.7. The number of ether oxygens (including phenoxy) is 1. The number of rotatable bonds is 2. The fourth-order valence-electron chi connectivity index (χ4n) is 4.55. The van der Waals surface area contributed by atoms with Crippen molar-refractivity contribution in [1.82, 2.24) is 20.0 Å². The number of carbonyl (C=O) groups is 3. The molecule has 1 aliphatic rings. The third kappa shape index (κ3) is 6.15. The van der Waals surface area contributed by atoms with Crippen molar-refractivity contribution < 1.29 is 19.1 Å². The van der Waals surface area contributed by atoms with Gasteiger partial charge in [0.25, 0.3) is 0 Å². The highest BCUT2D eigenvalue weighted by atomic mass is 16.5. The molecular formula is C26H38N4O4. The summed E-state index contributed by atoms with van der Waals surface area (Å²) in [5.74, 6) is 0.124. The summed E-state index contributed by atoms with van der Waals surface area (Å²) < 4.78 is 7.13. The van der Waals surface area contributed by atoms with E-state index in [-0.39, 0.29) is 24.1 Å². The lowest BCUT2D eigenvalue weighted by Gasteiger charge is -2.24. The fourth-order valence-corrected chi connectivity index (χ4v) is 4.55. The number of hydrogen-bond acceptors (Lipinski definition) is 5. The molecule has 2 heterocycles. The lowest BCUT2D eigenvalue weighted by atomic mass is 10.0. The highest BCUT2D eigenvalue weighted by Gasteiger charge is 2.25. The zero-order valence-corrected chi connectivity index (χ0v) is 21.0. The van der Waals surface area contributed by atoms with E-state index in [1.165, 1.54) is 37.5 Å². The van der Waals surface area contributed by atoms with E-state index >= 15 is 0 Å². The van der Waals surface area contributed by atoms with E-state index in [1.54, 1.807) is 25.8 Å². The van der Waals surface area contributed by atoms with Crippen molar-refractivity contribution in [2.24, 2.45) is 0 Å². The standard InChI is InChI=1S/C26H38N4O4/c1-18-26(33)27-14-12-10-8-6-5-7-9-11-13-20-15-21(34-4)16-22-24(19(2)31)28-30(25(20)22)17-23(32)29(18)3/h15-16,18H,5-14,17H2,1-4H3,(H,27,33)/t18-/m0/s1. The first-order chi connectivity index (χ1) is 16.3. The molecule has 2 amide bonds.